The molecule has 0 aliphatic heterocycles. The molecule has 0 radical (unpaired) electrons. The Morgan fingerprint density at radius 2 is 2.00 bits per heavy atom. The minimum Gasteiger partial charge on any atom is -0.468 e. The Balaban J connectivity index is 2.48. The van der Waals surface area contributed by atoms with Crippen LogP contribution in [0.2, 0.25) is 0 Å². The van der Waals surface area contributed by atoms with Crippen molar-refractivity contribution in [3.63, 3.8) is 0 Å². The third kappa shape index (κ3) is 3.11. The Bertz CT molecular complexity index is 275. The van der Waals surface area contributed by atoms with Gasteiger partial charge in [-0.25, -0.2) is 0 Å². The summed E-state index contributed by atoms with van der Waals surface area (Å²) in [4.78, 5) is 9.86. The molecule has 0 saturated carbocycles. The van der Waals surface area contributed by atoms with Crippen LogP contribution >= 0.6 is 0 Å². The molecule has 2 nitrogen and oxygen atoms in total. The van der Waals surface area contributed by atoms with Crippen LogP contribution in [0, 0.1) is 0 Å². The molecule has 0 unspecified atom stereocenters. The Labute approximate surface area is 77.8 Å². The van der Waals surface area contributed by atoms with Crippen LogP contribution in [0.4, 0.5) is 0 Å². The summed E-state index contributed by atoms with van der Waals surface area (Å²) in [5.41, 5.74) is 2.26. The van der Waals surface area contributed by atoms with Gasteiger partial charge in [0.05, 0.1) is 6.61 Å². The first kappa shape index (κ1) is 9.52. The smallest absolute Gasteiger partial charge is 0.293 e. The molecule has 0 N–H and O–H groups in total. The Morgan fingerprint density at radius 3 is 2.54 bits per heavy atom. The lowest BCUT2D eigenvalue weighted by Crippen LogP contribution is -1.96. The molecule has 0 aliphatic carbocycles. The van der Waals surface area contributed by atoms with E-state index in [0.717, 1.165) is 17.5 Å². The van der Waals surface area contributed by atoms with Crippen LogP contribution < -0.4 is 0 Å². The van der Waals surface area contributed by atoms with Crippen molar-refractivity contribution in [2.75, 3.05) is 6.61 Å². The van der Waals surface area contributed by atoms with Gasteiger partial charge in [0.15, 0.2) is 0 Å². The molecule has 0 saturated heterocycles. The first-order valence-electron chi connectivity index (χ1n) is 4.13. The monoisotopic (exact) mass is 176 g/mol. The van der Waals surface area contributed by atoms with Crippen LogP contribution in [0.5, 0.6) is 0 Å². The maximum atomic E-state index is 9.86. The van der Waals surface area contributed by atoms with Crippen molar-refractivity contribution < 1.29 is 9.53 Å². The molecule has 0 amide bonds. The van der Waals surface area contributed by atoms with Crippen molar-refractivity contribution in [1.29, 1.82) is 0 Å². The van der Waals surface area contributed by atoms with E-state index >= 15 is 0 Å². The highest BCUT2D eigenvalue weighted by molar-refractivity contribution is 5.47. The van der Waals surface area contributed by atoms with Crippen LogP contribution in [0.25, 0.3) is 6.08 Å². The Morgan fingerprint density at radius 1 is 1.31 bits per heavy atom. The Hall–Kier alpha value is -1.57. The zero-order valence-corrected chi connectivity index (χ0v) is 7.40. The summed E-state index contributed by atoms with van der Waals surface area (Å²) in [6.07, 6.45) is 2.56. The van der Waals surface area contributed by atoms with Crippen molar-refractivity contribution in [2.45, 2.75) is 6.42 Å². The van der Waals surface area contributed by atoms with Crippen molar-refractivity contribution >= 4 is 12.5 Å². The first-order chi connectivity index (χ1) is 6.36. The molecule has 0 heterocycles. The summed E-state index contributed by atoms with van der Waals surface area (Å²) in [6.45, 7) is 4.58. The van der Waals surface area contributed by atoms with Gasteiger partial charge in [-0.05, 0) is 11.1 Å². The second-order valence-corrected chi connectivity index (χ2v) is 2.66. The van der Waals surface area contributed by atoms with E-state index in [2.05, 4.69) is 11.3 Å². The molecule has 68 valence electrons. The van der Waals surface area contributed by atoms with Crippen LogP contribution in [0.3, 0.4) is 0 Å². The molecule has 0 aliphatic rings. The van der Waals surface area contributed by atoms with Gasteiger partial charge < -0.3 is 4.74 Å². The van der Waals surface area contributed by atoms with E-state index in [1.165, 1.54) is 0 Å². The summed E-state index contributed by atoms with van der Waals surface area (Å²) < 4.78 is 4.59. The van der Waals surface area contributed by atoms with Gasteiger partial charge >= 0.3 is 0 Å². The summed E-state index contributed by atoms with van der Waals surface area (Å²) >= 11 is 0. The molecule has 13 heavy (non-hydrogen) atoms. The second-order valence-electron chi connectivity index (χ2n) is 2.66. The summed E-state index contributed by atoms with van der Waals surface area (Å²) in [6, 6.07) is 7.99. The lowest BCUT2D eigenvalue weighted by molar-refractivity contribution is -0.128. The van der Waals surface area contributed by atoms with E-state index < -0.39 is 0 Å². The Kier molecular flexibility index (Phi) is 3.76. The summed E-state index contributed by atoms with van der Waals surface area (Å²) in [7, 11) is 0. The first-order valence-corrected chi connectivity index (χ1v) is 4.13. The van der Waals surface area contributed by atoms with Crippen LogP contribution in [-0.4, -0.2) is 13.1 Å². The fraction of sp³-hybridized carbons (Fsp3) is 0.182. The summed E-state index contributed by atoms with van der Waals surface area (Å²) in [5, 5.41) is 0. The quantitative estimate of drug-likeness (QED) is 0.507. The molecule has 0 bridgehead atoms. The van der Waals surface area contributed by atoms with Crippen molar-refractivity contribution in [2.24, 2.45) is 0 Å². The van der Waals surface area contributed by atoms with Gasteiger partial charge in [-0.15, -0.1) is 0 Å². The van der Waals surface area contributed by atoms with Gasteiger partial charge in [0.1, 0.15) is 0 Å². The maximum absolute atomic E-state index is 9.86. The van der Waals surface area contributed by atoms with Gasteiger partial charge in [0.25, 0.3) is 6.47 Å². The average molecular weight is 176 g/mol. The lowest BCUT2D eigenvalue weighted by Gasteiger charge is -2.00. The number of carbonyl (C=O) groups excluding carboxylic acids is 1. The zero-order valence-electron chi connectivity index (χ0n) is 7.40. The zero-order chi connectivity index (χ0) is 9.52. The van der Waals surface area contributed by atoms with E-state index in [9.17, 15) is 4.79 Å². The number of carbonyl (C=O) groups is 1. The SMILES string of the molecule is C=Cc1ccc(CCOC=O)cc1. The van der Waals surface area contributed by atoms with Crippen molar-refractivity contribution in [3.05, 3.63) is 42.0 Å². The van der Waals surface area contributed by atoms with Gasteiger partial charge in [-0.3, -0.25) is 4.79 Å². The fourth-order valence-electron chi connectivity index (χ4n) is 1.05. The molecule has 1 aromatic carbocycles. The number of hydrogen-bond donors (Lipinski definition) is 0. The van der Waals surface area contributed by atoms with Crippen molar-refractivity contribution in [1.82, 2.24) is 0 Å². The minimum atomic E-state index is 0.441. The molecular weight excluding hydrogens is 164 g/mol. The highest BCUT2D eigenvalue weighted by atomic mass is 16.5. The molecule has 1 aromatic rings. The summed E-state index contributed by atoms with van der Waals surface area (Å²) in [5.74, 6) is 0. The largest absolute Gasteiger partial charge is 0.468 e. The number of ether oxygens (including phenoxy) is 1. The maximum Gasteiger partial charge on any atom is 0.293 e. The lowest BCUT2D eigenvalue weighted by atomic mass is 10.1. The number of benzene rings is 1. The van der Waals surface area contributed by atoms with Gasteiger partial charge in [-0.2, -0.15) is 0 Å². The predicted octanol–water partition coefficient (Wildman–Crippen LogP) is 2.05. The fourth-order valence-corrected chi connectivity index (χ4v) is 1.05. The molecule has 0 atom stereocenters. The van der Waals surface area contributed by atoms with Gasteiger partial charge in [0.2, 0.25) is 0 Å². The van der Waals surface area contributed by atoms with Crippen LogP contribution in [0.1, 0.15) is 11.1 Å². The highest BCUT2D eigenvalue weighted by Crippen LogP contribution is 2.05. The van der Waals surface area contributed by atoms with Crippen LogP contribution in [-0.2, 0) is 16.0 Å². The molecule has 0 fully saturated rings. The van der Waals surface area contributed by atoms with Gasteiger partial charge in [-0.1, -0.05) is 36.9 Å². The third-order valence-electron chi connectivity index (χ3n) is 1.79. The number of hydrogen-bond acceptors (Lipinski definition) is 2. The van der Waals surface area contributed by atoms with E-state index in [1.807, 2.05) is 24.3 Å². The van der Waals surface area contributed by atoms with Crippen LogP contribution in [0.15, 0.2) is 30.8 Å². The molecule has 0 aromatic heterocycles. The topological polar surface area (TPSA) is 26.3 Å². The van der Waals surface area contributed by atoms with E-state index in [1.54, 1.807) is 6.08 Å². The second kappa shape index (κ2) is 5.14. The van der Waals surface area contributed by atoms with E-state index in [0.29, 0.717) is 13.1 Å². The highest BCUT2D eigenvalue weighted by Gasteiger charge is 1.92. The van der Waals surface area contributed by atoms with Gasteiger partial charge in [0, 0.05) is 6.42 Å². The normalized spacial score (nSPS) is 9.23. The standard InChI is InChI=1S/C11H12O2/c1-2-10-3-5-11(6-4-10)7-8-13-9-12/h2-6,9H,1,7-8H2. The van der Waals surface area contributed by atoms with E-state index in [4.69, 9.17) is 0 Å². The molecule has 0 spiro atoms. The van der Waals surface area contributed by atoms with Crippen molar-refractivity contribution in [3.8, 4) is 0 Å². The molecule has 1 rings (SSSR count). The average Bonchev–Trinajstić information content (AvgIpc) is 2.19. The molecule has 2 heteroatoms. The minimum absolute atomic E-state index is 0.441. The predicted molar refractivity (Wildman–Crippen MR) is 52.3 cm³/mol. The molecular formula is C11H12O2. The third-order valence-corrected chi connectivity index (χ3v) is 1.79. The number of rotatable bonds is 5. The van der Waals surface area contributed by atoms with E-state index in [-0.39, 0.29) is 0 Å².